The lowest BCUT2D eigenvalue weighted by molar-refractivity contribution is -0.128. The minimum absolute atomic E-state index is 0.0645. The maximum Gasteiger partial charge on any atom is 0.223 e. The van der Waals surface area contributed by atoms with Crippen LogP contribution in [0.15, 0.2) is 12.7 Å². The van der Waals surface area contributed by atoms with Gasteiger partial charge in [-0.3, -0.25) is 9.48 Å². The molecule has 1 heterocycles. The molecule has 1 aromatic heterocycles. The third-order valence-electron chi connectivity index (χ3n) is 5.10. The molecule has 0 aliphatic heterocycles. The number of nitrogens with two attached hydrogens (primary N) is 1. The van der Waals surface area contributed by atoms with Crippen LogP contribution >= 0.6 is 0 Å². The number of fused-ring (bicyclic) bond motifs is 2. The Morgan fingerprint density at radius 1 is 1.43 bits per heavy atom. The molecule has 3 unspecified atom stereocenters. The Hall–Kier alpha value is -1.43. The van der Waals surface area contributed by atoms with Crippen molar-refractivity contribution < 1.29 is 4.79 Å². The third-order valence-corrected chi connectivity index (χ3v) is 5.10. The van der Waals surface area contributed by atoms with Crippen LogP contribution in [0.2, 0.25) is 0 Å². The van der Waals surface area contributed by atoms with Gasteiger partial charge in [0.1, 0.15) is 12.7 Å². The van der Waals surface area contributed by atoms with E-state index in [1.54, 1.807) is 11.0 Å². The molecule has 0 saturated heterocycles. The molecule has 2 fully saturated rings. The summed E-state index contributed by atoms with van der Waals surface area (Å²) in [5.41, 5.74) is 6.29. The molecule has 2 bridgehead atoms. The lowest BCUT2D eigenvalue weighted by Gasteiger charge is -2.43. The van der Waals surface area contributed by atoms with Crippen molar-refractivity contribution in [3.8, 4) is 0 Å². The molecule has 3 N–H and O–H groups in total. The summed E-state index contributed by atoms with van der Waals surface area (Å²) >= 11 is 0. The number of carbonyl (C=O) groups excluding carboxylic acids is 1. The van der Waals surface area contributed by atoms with E-state index in [1.807, 2.05) is 6.92 Å². The molecule has 116 valence electrons. The molecule has 3 rings (SSSR count). The standard InChI is InChI=1S/C15H25N5O/c1-10(7-20-9-17-8-18-20)19-15(21)13-5-11-3-2-4-12(6-13)14(11)16/h8-14H,2-7,16H2,1H3,(H,19,21). The van der Waals surface area contributed by atoms with Gasteiger partial charge in [-0.25, -0.2) is 4.98 Å². The van der Waals surface area contributed by atoms with Crippen molar-refractivity contribution >= 4 is 5.91 Å². The number of nitrogens with zero attached hydrogens (tertiary/aromatic N) is 3. The maximum absolute atomic E-state index is 12.5. The van der Waals surface area contributed by atoms with E-state index < -0.39 is 0 Å². The Morgan fingerprint density at radius 3 is 2.76 bits per heavy atom. The molecule has 0 aromatic carbocycles. The molecule has 0 radical (unpaired) electrons. The van der Waals surface area contributed by atoms with E-state index in [0.717, 1.165) is 12.8 Å². The smallest absolute Gasteiger partial charge is 0.223 e. The summed E-state index contributed by atoms with van der Waals surface area (Å²) < 4.78 is 1.75. The van der Waals surface area contributed by atoms with Gasteiger partial charge < -0.3 is 11.1 Å². The largest absolute Gasteiger partial charge is 0.352 e. The fourth-order valence-corrected chi connectivity index (χ4v) is 4.02. The summed E-state index contributed by atoms with van der Waals surface area (Å²) in [6, 6.07) is 0.380. The van der Waals surface area contributed by atoms with E-state index in [1.165, 1.54) is 25.6 Å². The summed E-state index contributed by atoms with van der Waals surface area (Å²) in [5, 5.41) is 7.19. The average Bonchev–Trinajstić information content (AvgIpc) is 2.90. The Morgan fingerprint density at radius 2 is 2.14 bits per heavy atom. The van der Waals surface area contributed by atoms with Crippen LogP contribution in [0.5, 0.6) is 0 Å². The second kappa shape index (κ2) is 6.13. The van der Waals surface area contributed by atoms with Crippen LogP contribution in [-0.2, 0) is 11.3 Å². The van der Waals surface area contributed by atoms with Crippen LogP contribution in [0.3, 0.4) is 0 Å². The van der Waals surface area contributed by atoms with Crippen molar-refractivity contribution in [3.63, 3.8) is 0 Å². The zero-order valence-electron chi connectivity index (χ0n) is 12.6. The molecule has 1 amide bonds. The number of nitrogens with one attached hydrogen (secondary N) is 1. The van der Waals surface area contributed by atoms with Gasteiger partial charge in [0, 0.05) is 18.0 Å². The van der Waals surface area contributed by atoms with E-state index >= 15 is 0 Å². The molecule has 0 spiro atoms. The first-order chi connectivity index (χ1) is 10.1. The molecule has 6 nitrogen and oxygen atoms in total. The van der Waals surface area contributed by atoms with E-state index in [4.69, 9.17) is 5.73 Å². The Kier molecular flexibility index (Phi) is 4.24. The van der Waals surface area contributed by atoms with Gasteiger partial charge in [0.15, 0.2) is 0 Å². The van der Waals surface area contributed by atoms with Gasteiger partial charge in [0.2, 0.25) is 5.91 Å². The lowest BCUT2D eigenvalue weighted by Crippen LogP contribution is -2.50. The quantitative estimate of drug-likeness (QED) is 0.864. The van der Waals surface area contributed by atoms with Crippen molar-refractivity contribution in [2.45, 2.75) is 57.7 Å². The Labute approximate surface area is 125 Å². The molecule has 2 saturated carbocycles. The second-order valence-corrected chi connectivity index (χ2v) is 6.72. The Balaban J connectivity index is 1.53. The van der Waals surface area contributed by atoms with Gasteiger partial charge in [-0.2, -0.15) is 5.10 Å². The number of aromatic nitrogens is 3. The monoisotopic (exact) mass is 291 g/mol. The normalized spacial score (nSPS) is 33.4. The highest BCUT2D eigenvalue weighted by Crippen LogP contribution is 2.41. The molecular weight excluding hydrogens is 266 g/mol. The van der Waals surface area contributed by atoms with Crippen molar-refractivity contribution in [2.75, 3.05) is 0 Å². The highest BCUT2D eigenvalue weighted by Gasteiger charge is 2.40. The number of hydrogen-bond donors (Lipinski definition) is 2. The first-order valence-electron chi connectivity index (χ1n) is 8.02. The van der Waals surface area contributed by atoms with Gasteiger partial charge in [-0.15, -0.1) is 0 Å². The fraction of sp³-hybridized carbons (Fsp3) is 0.800. The number of amides is 1. The molecular formula is C15H25N5O. The minimum Gasteiger partial charge on any atom is -0.352 e. The van der Waals surface area contributed by atoms with Crippen LogP contribution in [0.25, 0.3) is 0 Å². The highest BCUT2D eigenvalue weighted by atomic mass is 16.1. The predicted octanol–water partition coefficient (Wildman–Crippen LogP) is 0.936. The number of rotatable bonds is 4. The number of carbonyl (C=O) groups is 1. The molecule has 6 heteroatoms. The van der Waals surface area contributed by atoms with Crippen LogP contribution in [-0.4, -0.2) is 32.8 Å². The van der Waals surface area contributed by atoms with Crippen molar-refractivity contribution in [3.05, 3.63) is 12.7 Å². The minimum atomic E-state index is 0.0645. The first kappa shape index (κ1) is 14.5. The molecule has 2 aliphatic carbocycles. The van der Waals surface area contributed by atoms with E-state index in [-0.39, 0.29) is 17.9 Å². The third kappa shape index (κ3) is 3.26. The summed E-state index contributed by atoms with van der Waals surface area (Å²) in [7, 11) is 0. The zero-order valence-corrected chi connectivity index (χ0v) is 12.6. The molecule has 1 aromatic rings. The summed E-state index contributed by atoms with van der Waals surface area (Å²) in [4.78, 5) is 16.4. The van der Waals surface area contributed by atoms with Gasteiger partial charge in [-0.1, -0.05) is 6.42 Å². The first-order valence-corrected chi connectivity index (χ1v) is 8.02. The average molecular weight is 291 g/mol. The maximum atomic E-state index is 12.5. The van der Waals surface area contributed by atoms with Crippen LogP contribution in [0, 0.1) is 17.8 Å². The second-order valence-electron chi connectivity index (χ2n) is 6.72. The van der Waals surface area contributed by atoms with Crippen molar-refractivity contribution in [1.29, 1.82) is 0 Å². The van der Waals surface area contributed by atoms with Crippen LogP contribution in [0.4, 0.5) is 0 Å². The van der Waals surface area contributed by atoms with Gasteiger partial charge in [-0.05, 0) is 44.4 Å². The van der Waals surface area contributed by atoms with Crippen LogP contribution < -0.4 is 11.1 Å². The summed E-state index contributed by atoms with van der Waals surface area (Å²) in [5.74, 6) is 1.41. The van der Waals surface area contributed by atoms with E-state index in [9.17, 15) is 4.79 Å². The molecule has 21 heavy (non-hydrogen) atoms. The lowest BCUT2D eigenvalue weighted by atomic mass is 9.65. The van der Waals surface area contributed by atoms with Gasteiger partial charge in [0.05, 0.1) is 6.54 Å². The predicted molar refractivity (Wildman–Crippen MR) is 79.2 cm³/mol. The number of hydrogen-bond acceptors (Lipinski definition) is 4. The van der Waals surface area contributed by atoms with Crippen molar-refractivity contribution in [1.82, 2.24) is 20.1 Å². The summed E-state index contributed by atoms with van der Waals surface area (Å²) in [6.07, 6.45) is 8.76. The van der Waals surface area contributed by atoms with E-state index in [0.29, 0.717) is 24.4 Å². The zero-order chi connectivity index (χ0) is 14.8. The van der Waals surface area contributed by atoms with Crippen LogP contribution in [0.1, 0.15) is 39.0 Å². The molecule has 3 atom stereocenters. The Bertz CT molecular complexity index is 460. The van der Waals surface area contributed by atoms with E-state index in [2.05, 4.69) is 15.4 Å². The highest BCUT2D eigenvalue weighted by molar-refractivity contribution is 5.79. The molecule has 2 aliphatic rings. The fourth-order valence-electron chi connectivity index (χ4n) is 4.02. The SMILES string of the molecule is CC(Cn1cncn1)NC(=O)C1CC2CCCC(C1)C2N. The summed E-state index contributed by atoms with van der Waals surface area (Å²) in [6.45, 7) is 2.67. The van der Waals surface area contributed by atoms with Crippen molar-refractivity contribution in [2.24, 2.45) is 23.5 Å². The topological polar surface area (TPSA) is 85.8 Å². The van der Waals surface area contributed by atoms with Gasteiger partial charge >= 0.3 is 0 Å². The van der Waals surface area contributed by atoms with Gasteiger partial charge in [0.25, 0.3) is 0 Å².